The molecule has 0 bridgehead atoms. The Labute approximate surface area is 169 Å². The molecule has 0 saturated carbocycles. The molecule has 29 heavy (non-hydrogen) atoms. The Bertz CT molecular complexity index is 1000. The van der Waals surface area contributed by atoms with Gasteiger partial charge in [-0.25, -0.2) is 4.98 Å². The number of ether oxygens (including phenoxy) is 2. The summed E-state index contributed by atoms with van der Waals surface area (Å²) >= 11 is 0. The number of benzene rings is 2. The maximum atomic E-state index is 9.90. The van der Waals surface area contributed by atoms with Crippen LogP contribution in [0.25, 0.3) is 11.3 Å². The van der Waals surface area contributed by atoms with Crippen LogP contribution in [0.15, 0.2) is 48.5 Å². The number of nitrogens with one attached hydrogen (secondary N) is 1. The standard InChI is InChI=1S/C22H24N4O3/c1-15-5-3-8-19(28-2)21(15)24-20-14-18(16-6-4-7-17(27)13-16)23-22(25-20)26-9-11-29-12-10-26/h3-8,13-14,27H,9-12H2,1-2H3,(H,23,24,25). The molecule has 150 valence electrons. The molecule has 2 N–H and O–H groups in total. The number of hydrogen-bond acceptors (Lipinski definition) is 7. The summed E-state index contributed by atoms with van der Waals surface area (Å²) in [5.74, 6) is 2.23. The Kier molecular flexibility index (Phi) is 5.48. The Balaban J connectivity index is 1.77. The van der Waals surface area contributed by atoms with Gasteiger partial charge in [0, 0.05) is 24.7 Å². The fourth-order valence-electron chi connectivity index (χ4n) is 3.32. The van der Waals surface area contributed by atoms with E-state index in [0.717, 1.165) is 41.3 Å². The van der Waals surface area contributed by atoms with Crippen LogP contribution in [-0.4, -0.2) is 48.5 Å². The largest absolute Gasteiger partial charge is 0.508 e. The predicted octanol–water partition coefficient (Wildman–Crippen LogP) is 3.75. The van der Waals surface area contributed by atoms with Crippen LogP contribution in [0.4, 0.5) is 17.5 Å². The van der Waals surface area contributed by atoms with Crippen molar-refractivity contribution in [3.8, 4) is 22.8 Å². The lowest BCUT2D eigenvalue weighted by Gasteiger charge is -2.27. The number of phenolic OH excluding ortho intramolecular Hbond substituents is 1. The molecule has 0 atom stereocenters. The monoisotopic (exact) mass is 392 g/mol. The number of rotatable bonds is 5. The second-order valence-electron chi connectivity index (χ2n) is 6.87. The highest BCUT2D eigenvalue weighted by Crippen LogP contribution is 2.32. The first-order valence-corrected chi connectivity index (χ1v) is 9.56. The van der Waals surface area contributed by atoms with E-state index in [1.54, 1.807) is 25.3 Å². The van der Waals surface area contributed by atoms with Gasteiger partial charge in [-0.05, 0) is 30.7 Å². The minimum Gasteiger partial charge on any atom is -0.508 e. The number of para-hydroxylation sites is 1. The molecule has 4 rings (SSSR count). The smallest absolute Gasteiger partial charge is 0.228 e. The Morgan fingerprint density at radius 3 is 2.62 bits per heavy atom. The van der Waals surface area contributed by atoms with Crippen LogP contribution in [0.1, 0.15) is 5.56 Å². The van der Waals surface area contributed by atoms with Crippen molar-refractivity contribution in [2.75, 3.05) is 43.6 Å². The molecular formula is C22H24N4O3. The SMILES string of the molecule is COc1cccc(C)c1Nc1cc(-c2cccc(O)c2)nc(N2CCOCC2)n1. The maximum absolute atomic E-state index is 9.90. The third-order valence-corrected chi connectivity index (χ3v) is 4.86. The Hall–Kier alpha value is -3.32. The molecule has 7 heteroatoms. The summed E-state index contributed by atoms with van der Waals surface area (Å²) in [7, 11) is 1.65. The Morgan fingerprint density at radius 1 is 1.07 bits per heavy atom. The number of phenols is 1. The average Bonchev–Trinajstić information content (AvgIpc) is 2.75. The van der Waals surface area contributed by atoms with Gasteiger partial charge in [0.25, 0.3) is 0 Å². The molecule has 0 spiro atoms. The maximum Gasteiger partial charge on any atom is 0.228 e. The van der Waals surface area contributed by atoms with Crippen molar-refractivity contribution in [1.29, 1.82) is 0 Å². The van der Waals surface area contributed by atoms with Crippen molar-refractivity contribution in [1.82, 2.24) is 9.97 Å². The molecule has 2 aromatic carbocycles. The fraction of sp³-hybridized carbons (Fsp3) is 0.273. The number of aromatic nitrogens is 2. The summed E-state index contributed by atoms with van der Waals surface area (Å²) < 4.78 is 11.0. The molecule has 1 aliphatic heterocycles. The molecule has 7 nitrogen and oxygen atoms in total. The van der Waals surface area contributed by atoms with Gasteiger partial charge in [-0.1, -0.05) is 24.3 Å². The third kappa shape index (κ3) is 4.25. The lowest BCUT2D eigenvalue weighted by Crippen LogP contribution is -2.37. The summed E-state index contributed by atoms with van der Waals surface area (Å²) in [6, 6.07) is 14.8. The van der Waals surface area contributed by atoms with Crippen LogP contribution < -0.4 is 15.0 Å². The minimum atomic E-state index is 0.198. The number of hydrogen-bond donors (Lipinski definition) is 2. The summed E-state index contributed by atoms with van der Waals surface area (Å²) in [5.41, 5.74) is 3.47. The van der Waals surface area contributed by atoms with E-state index in [4.69, 9.17) is 19.4 Å². The van der Waals surface area contributed by atoms with Crippen molar-refractivity contribution in [2.24, 2.45) is 0 Å². The highest BCUT2D eigenvalue weighted by molar-refractivity contribution is 5.72. The predicted molar refractivity (Wildman–Crippen MR) is 113 cm³/mol. The van der Waals surface area contributed by atoms with Crippen LogP contribution in [0.2, 0.25) is 0 Å². The zero-order valence-electron chi connectivity index (χ0n) is 16.6. The number of nitrogens with zero attached hydrogens (tertiary/aromatic N) is 3. The van der Waals surface area contributed by atoms with Crippen LogP contribution in [0.3, 0.4) is 0 Å². The first kappa shape index (κ1) is 19.0. The first-order chi connectivity index (χ1) is 14.1. The highest BCUT2D eigenvalue weighted by Gasteiger charge is 2.17. The van der Waals surface area contributed by atoms with Crippen LogP contribution in [0, 0.1) is 6.92 Å². The molecule has 1 fully saturated rings. The van der Waals surface area contributed by atoms with E-state index in [1.807, 2.05) is 37.3 Å². The zero-order valence-corrected chi connectivity index (χ0v) is 16.6. The fourth-order valence-corrected chi connectivity index (χ4v) is 3.32. The second-order valence-corrected chi connectivity index (χ2v) is 6.87. The van der Waals surface area contributed by atoms with Crippen molar-refractivity contribution in [3.05, 3.63) is 54.1 Å². The molecule has 1 aliphatic rings. The number of methoxy groups -OCH3 is 1. The average molecular weight is 392 g/mol. The highest BCUT2D eigenvalue weighted by atomic mass is 16.5. The quantitative estimate of drug-likeness (QED) is 0.684. The lowest BCUT2D eigenvalue weighted by atomic mass is 10.1. The van der Waals surface area contributed by atoms with Gasteiger partial charge in [0.15, 0.2) is 0 Å². The minimum absolute atomic E-state index is 0.198. The normalized spacial score (nSPS) is 13.9. The van der Waals surface area contributed by atoms with Crippen LogP contribution in [0.5, 0.6) is 11.5 Å². The third-order valence-electron chi connectivity index (χ3n) is 4.86. The van der Waals surface area contributed by atoms with E-state index in [1.165, 1.54) is 0 Å². The van der Waals surface area contributed by atoms with Crippen molar-refractivity contribution >= 4 is 17.5 Å². The molecule has 3 aromatic rings. The van der Waals surface area contributed by atoms with Crippen molar-refractivity contribution in [2.45, 2.75) is 6.92 Å². The van der Waals surface area contributed by atoms with E-state index in [9.17, 15) is 5.11 Å². The lowest BCUT2D eigenvalue weighted by molar-refractivity contribution is 0.122. The Morgan fingerprint density at radius 2 is 1.86 bits per heavy atom. The topological polar surface area (TPSA) is 79.7 Å². The molecule has 1 aromatic heterocycles. The number of aromatic hydroxyl groups is 1. The van der Waals surface area contributed by atoms with E-state index >= 15 is 0 Å². The summed E-state index contributed by atoms with van der Waals surface area (Å²) in [6.45, 7) is 4.78. The van der Waals surface area contributed by atoms with E-state index in [2.05, 4.69) is 10.2 Å². The van der Waals surface area contributed by atoms with E-state index in [0.29, 0.717) is 25.0 Å². The van der Waals surface area contributed by atoms with E-state index < -0.39 is 0 Å². The number of aryl methyl sites for hydroxylation is 1. The molecular weight excluding hydrogens is 368 g/mol. The molecule has 0 aliphatic carbocycles. The van der Waals surface area contributed by atoms with Gasteiger partial charge < -0.3 is 24.8 Å². The van der Waals surface area contributed by atoms with E-state index in [-0.39, 0.29) is 5.75 Å². The van der Waals surface area contributed by atoms with Crippen molar-refractivity contribution < 1.29 is 14.6 Å². The van der Waals surface area contributed by atoms with Crippen molar-refractivity contribution in [3.63, 3.8) is 0 Å². The van der Waals surface area contributed by atoms with Gasteiger partial charge in [-0.3, -0.25) is 0 Å². The molecule has 2 heterocycles. The zero-order chi connectivity index (χ0) is 20.2. The van der Waals surface area contributed by atoms with Gasteiger partial charge in [0.05, 0.1) is 31.7 Å². The number of morpholine rings is 1. The van der Waals surface area contributed by atoms with Gasteiger partial charge >= 0.3 is 0 Å². The first-order valence-electron chi connectivity index (χ1n) is 9.56. The molecule has 0 radical (unpaired) electrons. The summed E-state index contributed by atoms with van der Waals surface area (Å²) in [5, 5.41) is 13.3. The van der Waals surface area contributed by atoms with Gasteiger partial charge in [0.1, 0.15) is 17.3 Å². The molecule has 0 amide bonds. The van der Waals surface area contributed by atoms with Crippen LogP contribution >= 0.6 is 0 Å². The van der Waals surface area contributed by atoms with Crippen LogP contribution in [-0.2, 0) is 4.74 Å². The van der Waals surface area contributed by atoms with Gasteiger partial charge in [-0.2, -0.15) is 4.98 Å². The summed E-state index contributed by atoms with van der Waals surface area (Å²) in [4.78, 5) is 11.6. The van der Waals surface area contributed by atoms with Gasteiger partial charge in [-0.15, -0.1) is 0 Å². The summed E-state index contributed by atoms with van der Waals surface area (Å²) in [6.07, 6.45) is 0. The number of anilines is 3. The second kappa shape index (κ2) is 8.36. The molecule has 0 unspecified atom stereocenters. The molecule has 1 saturated heterocycles. The van der Waals surface area contributed by atoms with Gasteiger partial charge in [0.2, 0.25) is 5.95 Å².